The third kappa shape index (κ3) is 2.08. The number of rotatable bonds is 2. The minimum absolute atomic E-state index is 0.263. The molecule has 16 heavy (non-hydrogen) atoms. The Morgan fingerprint density at radius 3 is 3.00 bits per heavy atom. The highest BCUT2D eigenvalue weighted by Crippen LogP contribution is 2.36. The maximum absolute atomic E-state index is 13.5. The predicted molar refractivity (Wildman–Crippen MR) is 57.4 cm³/mol. The van der Waals surface area contributed by atoms with E-state index in [0.717, 1.165) is 25.5 Å². The van der Waals surface area contributed by atoms with E-state index in [9.17, 15) is 9.50 Å². The van der Waals surface area contributed by atoms with Gasteiger partial charge >= 0.3 is 0 Å². The van der Waals surface area contributed by atoms with E-state index in [0.29, 0.717) is 6.61 Å². The number of hydrogen-bond donors (Lipinski definition) is 1. The molecule has 1 aromatic heterocycles. The molecule has 0 aliphatic carbocycles. The number of aliphatic hydroxyl groups is 1. The molecule has 2 heterocycles. The van der Waals surface area contributed by atoms with Crippen LogP contribution in [0.2, 0.25) is 0 Å². The molecule has 4 heteroatoms. The van der Waals surface area contributed by atoms with Gasteiger partial charge in [0.25, 0.3) is 0 Å². The molecule has 0 spiro atoms. The highest BCUT2D eigenvalue weighted by molar-refractivity contribution is 5.19. The van der Waals surface area contributed by atoms with Gasteiger partial charge in [0.05, 0.1) is 11.8 Å². The second-order valence-electron chi connectivity index (χ2n) is 4.42. The molecule has 2 rings (SSSR count). The predicted octanol–water partition coefficient (Wildman–Crippen LogP) is 2.21. The van der Waals surface area contributed by atoms with E-state index >= 15 is 0 Å². The molecule has 1 aliphatic heterocycles. The highest BCUT2D eigenvalue weighted by atomic mass is 19.1. The largest absolute Gasteiger partial charge is 0.385 e. The molecule has 0 aromatic carbocycles. The Kier molecular flexibility index (Phi) is 3.21. The quantitative estimate of drug-likeness (QED) is 0.839. The summed E-state index contributed by atoms with van der Waals surface area (Å²) in [6.07, 6.45) is 4.41. The fourth-order valence-electron chi connectivity index (χ4n) is 2.11. The molecule has 0 amide bonds. The van der Waals surface area contributed by atoms with E-state index in [2.05, 4.69) is 4.98 Å². The molecule has 0 radical (unpaired) electrons. The van der Waals surface area contributed by atoms with Crippen LogP contribution in [0.1, 0.15) is 37.9 Å². The highest BCUT2D eigenvalue weighted by Gasteiger charge is 2.37. The smallest absolute Gasteiger partial charge is 0.147 e. The molecule has 3 nitrogen and oxygen atoms in total. The molecule has 1 N–H and O–H groups in total. The molecular weight excluding hydrogens is 209 g/mol. The zero-order valence-electron chi connectivity index (χ0n) is 9.32. The van der Waals surface area contributed by atoms with Crippen LogP contribution in [0.25, 0.3) is 0 Å². The molecule has 2 atom stereocenters. The first-order valence-electron chi connectivity index (χ1n) is 5.55. The zero-order chi connectivity index (χ0) is 11.6. The fraction of sp³-hybridized carbons (Fsp3) is 0.583. The molecule has 0 saturated carbocycles. The molecule has 1 saturated heterocycles. The Labute approximate surface area is 94.3 Å². The number of nitrogens with zero attached hydrogens (tertiary/aromatic N) is 1. The van der Waals surface area contributed by atoms with Crippen LogP contribution >= 0.6 is 0 Å². The number of aromatic nitrogens is 1. The van der Waals surface area contributed by atoms with E-state index in [1.54, 1.807) is 0 Å². The molecule has 0 bridgehead atoms. The van der Waals surface area contributed by atoms with Gasteiger partial charge < -0.3 is 9.84 Å². The first-order valence-corrected chi connectivity index (χ1v) is 5.55. The van der Waals surface area contributed by atoms with Crippen molar-refractivity contribution in [1.82, 2.24) is 4.98 Å². The lowest BCUT2D eigenvalue weighted by Gasteiger charge is -2.38. The summed E-state index contributed by atoms with van der Waals surface area (Å²) in [5.74, 6) is -0.481. The molecule has 1 fully saturated rings. The lowest BCUT2D eigenvalue weighted by atomic mass is 9.86. The fourth-order valence-corrected chi connectivity index (χ4v) is 2.11. The Morgan fingerprint density at radius 2 is 2.38 bits per heavy atom. The third-order valence-corrected chi connectivity index (χ3v) is 3.18. The maximum atomic E-state index is 13.5. The topological polar surface area (TPSA) is 42.4 Å². The van der Waals surface area contributed by atoms with Crippen LogP contribution in [0.3, 0.4) is 0 Å². The summed E-state index contributed by atoms with van der Waals surface area (Å²) in [4.78, 5) is 3.67. The van der Waals surface area contributed by atoms with Crippen LogP contribution in [0, 0.1) is 5.82 Å². The monoisotopic (exact) mass is 225 g/mol. The van der Waals surface area contributed by atoms with E-state index in [1.165, 1.54) is 12.3 Å². The summed E-state index contributed by atoms with van der Waals surface area (Å²) in [5.41, 5.74) is -0.417. The average Bonchev–Trinajstić information content (AvgIpc) is 2.30. The summed E-state index contributed by atoms with van der Waals surface area (Å²) >= 11 is 0. The van der Waals surface area contributed by atoms with Crippen LogP contribution in [0.4, 0.5) is 4.39 Å². The van der Waals surface area contributed by atoms with Crippen LogP contribution in [0.15, 0.2) is 18.5 Å². The number of pyridine rings is 1. The second kappa shape index (κ2) is 4.47. The lowest BCUT2D eigenvalue weighted by molar-refractivity contribution is -0.139. The van der Waals surface area contributed by atoms with E-state index in [1.807, 2.05) is 6.92 Å². The van der Waals surface area contributed by atoms with Crippen molar-refractivity contribution in [1.29, 1.82) is 0 Å². The van der Waals surface area contributed by atoms with Crippen molar-refractivity contribution in [3.05, 3.63) is 29.8 Å². The van der Waals surface area contributed by atoms with E-state index in [4.69, 9.17) is 4.74 Å². The number of ether oxygens (including phenoxy) is 1. The molecular formula is C12H16FNO2. The van der Waals surface area contributed by atoms with Crippen molar-refractivity contribution in [2.24, 2.45) is 0 Å². The Hall–Kier alpha value is -1.00. The van der Waals surface area contributed by atoms with Crippen molar-refractivity contribution in [3.63, 3.8) is 0 Å². The van der Waals surface area contributed by atoms with Gasteiger partial charge in [-0.15, -0.1) is 0 Å². The van der Waals surface area contributed by atoms with Crippen molar-refractivity contribution >= 4 is 0 Å². The third-order valence-electron chi connectivity index (χ3n) is 3.18. The number of hydrogen-bond acceptors (Lipinski definition) is 3. The van der Waals surface area contributed by atoms with Crippen LogP contribution < -0.4 is 0 Å². The Morgan fingerprint density at radius 1 is 1.56 bits per heavy atom. The Bertz CT molecular complexity index is 364. The minimum Gasteiger partial charge on any atom is -0.385 e. The Balaban J connectivity index is 2.24. The molecule has 1 aliphatic rings. The first-order chi connectivity index (χ1) is 7.63. The van der Waals surface area contributed by atoms with Gasteiger partial charge in [0.15, 0.2) is 0 Å². The van der Waals surface area contributed by atoms with Gasteiger partial charge in [-0.1, -0.05) is 0 Å². The van der Waals surface area contributed by atoms with Crippen molar-refractivity contribution in [3.8, 4) is 0 Å². The number of aliphatic hydroxyl groups excluding tert-OH is 1. The van der Waals surface area contributed by atoms with Gasteiger partial charge in [0, 0.05) is 18.4 Å². The van der Waals surface area contributed by atoms with Crippen LogP contribution in [-0.4, -0.2) is 22.3 Å². The summed E-state index contributed by atoms with van der Waals surface area (Å²) in [7, 11) is 0. The van der Waals surface area contributed by atoms with E-state index in [-0.39, 0.29) is 5.56 Å². The average molecular weight is 225 g/mol. The first kappa shape index (κ1) is 11.5. The minimum atomic E-state index is -0.934. The van der Waals surface area contributed by atoms with Crippen molar-refractivity contribution in [2.45, 2.75) is 37.9 Å². The van der Waals surface area contributed by atoms with Crippen molar-refractivity contribution < 1.29 is 14.2 Å². The van der Waals surface area contributed by atoms with Crippen molar-refractivity contribution in [2.75, 3.05) is 6.61 Å². The van der Waals surface area contributed by atoms with Gasteiger partial charge in [0.2, 0.25) is 0 Å². The molecule has 88 valence electrons. The molecule has 2 unspecified atom stereocenters. The SMILES string of the molecule is CC1(C(O)c2ccncc2F)CCCCO1. The summed E-state index contributed by atoms with van der Waals surface area (Å²) < 4.78 is 19.1. The summed E-state index contributed by atoms with van der Waals surface area (Å²) in [6.45, 7) is 2.46. The van der Waals surface area contributed by atoms with Crippen LogP contribution in [0.5, 0.6) is 0 Å². The summed E-state index contributed by atoms with van der Waals surface area (Å²) in [5, 5.41) is 10.2. The summed E-state index contributed by atoms with van der Waals surface area (Å²) in [6, 6.07) is 1.50. The van der Waals surface area contributed by atoms with Gasteiger partial charge in [-0.3, -0.25) is 4.98 Å². The zero-order valence-corrected chi connectivity index (χ0v) is 9.32. The second-order valence-corrected chi connectivity index (χ2v) is 4.42. The van der Waals surface area contributed by atoms with Gasteiger partial charge in [-0.2, -0.15) is 0 Å². The normalized spacial score (nSPS) is 27.7. The standard InChI is InChI=1S/C12H16FNO2/c1-12(5-2-3-7-16-12)11(15)9-4-6-14-8-10(9)13/h4,6,8,11,15H,2-3,5,7H2,1H3. The lowest BCUT2D eigenvalue weighted by Crippen LogP contribution is -2.39. The van der Waals surface area contributed by atoms with Gasteiger partial charge in [-0.25, -0.2) is 4.39 Å². The van der Waals surface area contributed by atoms with Crippen LogP contribution in [-0.2, 0) is 4.74 Å². The van der Waals surface area contributed by atoms with Gasteiger partial charge in [-0.05, 0) is 32.3 Å². The maximum Gasteiger partial charge on any atom is 0.147 e. The van der Waals surface area contributed by atoms with Gasteiger partial charge in [0.1, 0.15) is 11.9 Å². The number of halogens is 1. The molecule has 1 aromatic rings. The van der Waals surface area contributed by atoms with E-state index < -0.39 is 17.5 Å².